The lowest BCUT2D eigenvalue weighted by Crippen LogP contribution is -2.14. The fourth-order valence-corrected chi connectivity index (χ4v) is 4.52. The fourth-order valence-electron chi connectivity index (χ4n) is 4.52. The normalized spacial score (nSPS) is 14.2. The average Bonchev–Trinajstić information content (AvgIpc) is 2.73. The Morgan fingerprint density at radius 2 is 1.53 bits per heavy atom. The molecule has 1 aromatic rings. The molecule has 0 aliphatic carbocycles. The van der Waals surface area contributed by atoms with Crippen molar-refractivity contribution in [1.82, 2.24) is 0 Å². The Morgan fingerprint density at radius 1 is 0.941 bits per heavy atom. The van der Waals surface area contributed by atoms with Crippen molar-refractivity contribution in [2.24, 2.45) is 17.3 Å². The van der Waals surface area contributed by atoms with Gasteiger partial charge in [-0.05, 0) is 70.1 Å². The quantitative estimate of drug-likeness (QED) is 0.224. The number of hydrogen-bond donors (Lipinski definition) is 2. The van der Waals surface area contributed by atoms with E-state index in [4.69, 9.17) is 9.47 Å². The Balaban J connectivity index is 2.75. The van der Waals surface area contributed by atoms with Crippen LogP contribution in [0.25, 0.3) is 0 Å². The summed E-state index contributed by atoms with van der Waals surface area (Å²) in [4.78, 5) is 0. The molecule has 4 heteroatoms. The summed E-state index contributed by atoms with van der Waals surface area (Å²) in [7, 11) is 2.90. The van der Waals surface area contributed by atoms with Crippen LogP contribution < -0.4 is 9.47 Å². The van der Waals surface area contributed by atoms with Gasteiger partial charge in [-0.25, -0.2) is 0 Å². The Hall–Kier alpha value is -2.36. The van der Waals surface area contributed by atoms with Gasteiger partial charge in [-0.2, -0.15) is 0 Å². The van der Waals surface area contributed by atoms with Gasteiger partial charge in [0, 0.05) is 11.1 Å². The van der Waals surface area contributed by atoms with Crippen molar-refractivity contribution in [3.05, 3.63) is 46.6 Å². The fraction of sp³-hybridized carbons (Fsp3) is 0.600. The number of allylic oxidation sites excluding steroid dienone is 6. The summed E-state index contributed by atoms with van der Waals surface area (Å²) < 4.78 is 10.5. The lowest BCUT2D eigenvalue weighted by atomic mass is 9.79. The second kappa shape index (κ2) is 13.5. The van der Waals surface area contributed by atoms with E-state index < -0.39 is 0 Å². The summed E-state index contributed by atoms with van der Waals surface area (Å²) in [6, 6.07) is 0. The molecule has 0 saturated heterocycles. The summed E-state index contributed by atoms with van der Waals surface area (Å²) in [5.41, 5.74) is 4.23. The van der Waals surface area contributed by atoms with E-state index in [1.54, 1.807) is 6.92 Å². The van der Waals surface area contributed by atoms with Crippen LogP contribution >= 0.6 is 0 Å². The molecule has 34 heavy (non-hydrogen) atoms. The number of phenols is 2. The number of aromatic hydroxyl groups is 2. The van der Waals surface area contributed by atoms with Gasteiger partial charge in [0.05, 0.1) is 14.2 Å². The Morgan fingerprint density at radius 3 is 2.09 bits per heavy atom. The third-order valence-electron chi connectivity index (χ3n) is 6.31. The molecule has 0 aliphatic heterocycles. The number of benzene rings is 1. The van der Waals surface area contributed by atoms with Crippen LogP contribution in [0.1, 0.15) is 85.3 Å². The van der Waals surface area contributed by atoms with E-state index in [0.29, 0.717) is 29.4 Å². The van der Waals surface area contributed by atoms with Crippen LogP contribution in [0.4, 0.5) is 0 Å². The predicted octanol–water partition coefficient (Wildman–Crippen LogP) is 8.29. The standard InChI is InChI=1S/C30H48O4/c1-20(2)18-22(4)16-17-30(7,8)19-23(5)13-11-12-21(3)14-15-25-24(6)26(31)28(33-9)29(34-10)27(25)32/h11,13-14,16,20,23,31-32H,12,15,17-19H2,1-10H3/b13-11+,21-14+,22-16+. The molecule has 0 aliphatic rings. The smallest absolute Gasteiger partial charge is 0.207 e. The molecule has 192 valence electrons. The highest BCUT2D eigenvalue weighted by Gasteiger charge is 2.22. The molecule has 1 unspecified atom stereocenters. The summed E-state index contributed by atoms with van der Waals surface area (Å²) in [5, 5.41) is 21.1. The maximum absolute atomic E-state index is 10.6. The molecule has 1 atom stereocenters. The van der Waals surface area contributed by atoms with Gasteiger partial charge in [0.1, 0.15) is 0 Å². The van der Waals surface area contributed by atoms with Crippen LogP contribution in [-0.4, -0.2) is 24.4 Å². The third-order valence-corrected chi connectivity index (χ3v) is 6.31. The molecule has 0 aromatic heterocycles. The first-order valence-electron chi connectivity index (χ1n) is 12.5. The third kappa shape index (κ3) is 9.12. The zero-order chi connectivity index (χ0) is 26.1. The largest absolute Gasteiger partial charge is 0.504 e. The zero-order valence-electron chi connectivity index (χ0n) is 23.2. The minimum Gasteiger partial charge on any atom is -0.504 e. The number of phenolic OH excluding ortho intramolecular Hbond substituents is 2. The highest BCUT2D eigenvalue weighted by molar-refractivity contribution is 5.66. The topological polar surface area (TPSA) is 58.9 Å². The Kier molecular flexibility index (Phi) is 11.8. The molecule has 0 spiro atoms. The first kappa shape index (κ1) is 29.7. The van der Waals surface area contributed by atoms with Crippen molar-refractivity contribution in [2.45, 2.75) is 87.5 Å². The van der Waals surface area contributed by atoms with Crippen LogP contribution in [0, 0.1) is 24.2 Å². The first-order valence-corrected chi connectivity index (χ1v) is 12.5. The number of hydrogen-bond acceptors (Lipinski definition) is 4. The SMILES string of the molecule is COc1c(O)c(C)c(C/C=C(\C)C/C=C/C(C)CC(C)(C)C/C=C(\C)CC(C)C)c(O)c1OC. The molecule has 0 radical (unpaired) electrons. The molecule has 1 aromatic carbocycles. The molecule has 0 amide bonds. The average molecular weight is 473 g/mol. The second-order valence-electron chi connectivity index (χ2n) is 11.0. The van der Waals surface area contributed by atoms with E-state index in [2.05, 4.69) is 72.8 Å². The summed E-state index contributed by atoms with van der Waals surface area (Å²) in [6.07, 6.45) is 13.9. The van der Waals surface area contributed by atoms with Gasteiger partial charge < -0.3 is 19.7 Å². The molecule has 2 N–H and O–H groups in total. The van der Waals surface area contributed by atoms with Gasteiger partial charge in [-0.1, -0.05) is 70.1 Å². The maximum Gasteiger partial charge on any atom is 0.207 e. The van der Waals surface area contributed by atoms with Gasteiger partial charge >= 0.3 is 0 Å². The van der Waals surface area contributed by atoms with E-state index in [9.17, 15) is 10.2 Å². The Labute approximate surface area is 208 Å². The Bertz CT molecular complexity index is 888. The highest BCUT2D eigenvalue weighted by atomic mass is 16.5. The predicted molar refractivity (Wildman–Crippen MR) is 144 cm³/mol. The summed E-state index contributed by atoms with van der Waals surface area (Å²) in [6.45, 7) is 17.7. The molecule has 1 rings (SSSR count). The van der Waals surface area contributed by atoms with Crippen molar-refractivity contribution in [1.29, 1.82) is 0 Å². The van der Waals surface area contributed by atoms with Gasteiger partial charge in [-0.3, -0.25) is 0 Å². The minimum absolute atomic E-state index is 0.00350. The van der Waals surface area contributed by atoms with Crippen LogP contribution in [0.15, 0.2) is 35.5 Å². The number of methoxy groups -OCH3 is 2. The van der Waals surface area contributed by atoms with E-state index in [1.165, 1.54) is 31.8 Å². The minimum atomic E-state index is 0.00350. The molecular formula is C30H48O4. The van der Waals surface area contributed by atoms with E-state index in [1.807, 2.05) is 0 Å². The van der Waals surface area contributed by atoms with Crippen LogP contribution in [0.2, 0.25) is 0 Å². The maximum atomic E-state index is 10.6. The molecule has 0 bridgehead atoms. The van der Waals surface area contributed by atoms with Crippen LogP contribution in [0.5, 0.6) is 23.0 Å². The van der Waals surface area contributed by atoms with Gasteiger partial charge in [-0.15, -0.1) is 0 Å². The van der Waals surface area contributed by atoms with E-state index in [-0.39, 0.29) is 28.4 Å². The van der Waals surface area contributed by atoms with Crippen LogP contribution in [0.3, 0.4) is 0 Å². The van der Waals surface area contributed by atoms with Gasteiger partial charge in [0.25, 0.3) is 0 Å². The second-order valence-corrected chi connectivity index (χ2v) is 11.0. The lowest BCUT2D eigenvalue weighted by Gasteiger charge is -2.26. The van der Waals surface area contributed by atoms with Crippen molar-refractivity contribution in [3.8, 4) is 23.0 Å². The van der Waals surface area contributed by atoms with Gasteiger partial charge in [0.15, 0.2) is 11.5 Å². The molecule has 0 saturated carbocycles. The number of ether oxygens (including phenoxy) is 2. The zero-order valence-corrected chi connectivity index (χ0v) is 23.2. The lowest BCUT2D eigenvalue weighted by molar-refractivity contribution is 0.303. The molecule has 0 fully saturated rings. The van der Waals surface area contributed by atoms with Crippen molar-refractivity contribution < 1.29 is 19.7 Å². The summed E-state index contributed by atoms with van der Waals surface area (Å²) >= 11 is 0. The van der Waals surface area contributed by atoms with E-state index >= 15 is 0 Å². The van der Waals surface area contributed by atoms with Crippen molar-refractivity contribution in [2.75, 3.05) is 14.2 Å². The van der Waals surface area contributed by atoms with Crippen molar-refractivity contribution >= 4 is 0 Å². The van der Waals surface area contributed by atoms with E-state index in [0.717, 1.165) is 19.3 Å². The highest BCUT2D eigenvalue weighted by Crippen LogP contribution is 2.48. The van der Waals surface area contributed by atoms with Gasteiger partial charge in [0.2, 0.25) is 11.5 Å². The summed E-state index contributed by atoms with van der Waals surface area (Å²) in [5.74, 6) is 1.56. The molecule has 0 heterocycles. The molecular weight excluding hydrogens is 424 g/mol. The number of rotatable bonds is 13. The van der Waals surface area contributed by atoms with Crippen molar-refractivity contribution in [3.63, 3.8) is 0 Å². The first-order chi connectivity index (χ1) is 15.8. The van der Waals surface area contributed by atoms with Crippen LogP contribution in [-0.2, 0) is 6.42 Å². The monoisotopic (exact) mass is 472 g/mol. The molecule has 4 nitrogen and oxygen atoms in total.